The van der Waals surface area contributed by atoms with Gasteiger partial charge < -0.3 is 41.4 Å². The first-order chi connectivity index (χ1) is 37.6. The average Bonchev–Trinajstić information content (AvgIpc) is 4.33. The molecule has 0 spiro atoms. The van der Waals surface area contributed by atoms with Gasteiger partial charge in [-0.25, -0.2) is 18.0 Å². The molecule has 3 aliphatic heterocycles. The Hall–Kier alpha value is -7.70. The molecular weight excluding hydrogens is 1040 g/mol. The molecule has 2 unspecified atom stereocenters. The van der Waals surface area contributed by atoms with Crippen molar-refractivity contribution in [3.63, 3.8) is 0 Å². The number of aliphatic hydroxyl groups excluding tert-OH is 1. The van der Waals surface area contributed by atoms with Gasteiger partial charge in [0.05, 0.1) is 27.5 Å². The molecule has 4 fully saturated rings. The summed E-state index contributed by atoms with van der Waals surface area (Å²) >= 11 is 0. The average molecular weight is 1110 g/mol. The molecule has 2 aromatic heterocycles. The number of amides is 7. The molecule has 5 heterocycles. The minimum Gasteiger partial charge on any atom is -0.478 e. The van der Waals surface area contributed by atoms with Crippen LogP contribution in [0.2, 0.25) is 0 Å². The first-order valence-electron chi connectivity index (χ1n) is 26.7. The molecule has 1 aliphatic carbocycles. The highest BCUT2D eigenvalue weighted by molar-refractivity contribution is 7.90. The number of aliphatic hydroxyl groups is 1. The lowest BCUT2D eigenvalue weighted by atomic mass is 9.78. The van der Waals surface area contributed by atoms with E-state index in [0.29, 0.717) is 46.3 Å². The van der Waals surface area contributed by atoms with Crippen LogP contribution in [0.25, 0.3) is 21.9 Å². The zero-order valence-corrected chi connectivity index (χ0v) is 44.8. The van der Waals surface area contributed by atoms with Crippen LogP contribution in [-0.4, -0.2) is 140 Å². The van der Waals surface area contributed by atoms with Gasteiger partial charge in [-0.2, -0.15) is 0 Å². The fourth-order valence-electron chi connectivity index (χ4n) is 11.8. The Balaban J connectivity index is 0.875. The zero-order chi connectivity index (χ0) is 56.4. The highest BCUT2D eigenvalue weighted by atomic mass is 32.2. The molecule has 3 aromatic carbocycles. The second-order valence-electron chi connectivity index (χ2n) is 21.6. The number of carbonyl (C=O) groups excluding carboxylic acids is 7. The normalized spacial score (nSPS) is 22.6. The van der Waals surface area contributed by atoms with E-state index in [2.05, 4.69) is 26.3 Å². The smallest absolute Gasteiger partial charge is 0.335 e. The molecule has 420 valence electrons. The van der Waals surface area contributed by atoms with Crippen molar-refractivity contribution in [2.45, 2.75) is 131 Å². The van der Waals surface area contributed by atoms with Gasteiger partial charge in [-0.15, -0.1) is 0 Å². The summed E-state index contributed by atoms with van der Waals surface area (Å²) < 4.78 is 26.9. The summed E-state index contributed by atoms with van der Waals surface area (Å²) in [4.78, 5) is 126. The second kappa shape index (κ2) is 23.3. The van der Waals surface area contributed by atoms with E-state index in [1.807, 2.05) is 18.2 Å². The predicted molar refractivity (Wildman–Crippen MR) is 286 cm³/mol. The van der Waals surface area contributed by atoms with Gasteiger partial charge in [-0.05, 0) is 136 Å². The van der Waals surface area contributed by atoms with Gasteiger partial charge in [0.15, 0.2) is 9.84 Å². The van der Waals surface area contributed by atoms with Crippen LogP contribution in [0.3, 0.4) is 0 Å². The summed E-state index contributed by atoms with van der Waals surface area (Å²) in [5.41, 5.74) is 8.62. The number of primary amides is 1. The number of carboxylic acids is 1. The predicted octanol–water partition coefficient (Wildman–Crippen LogP) is 1.89. The molecule has 24 heteroatoms. The van der Waals surface area contributed by atoms with Gasteiger partial charge >= 0.3 is 11.7 Å². The second-order valence-corrected chi connectivity index (χ2v) is 23.6. The van der Waals surface area contributed by atoms with Gasteiger partial charge in [0.1, 0.15) is 30.0 Å². The van der Waals surface area contributed by atoms with E-state index < -0.39 is 81.8 Å². The number of piperidine rings is 1. The summed E-state index contributed by atoms with van der Waals surface area (Å²) in [5.74, 6) is -4.42. The third kappa shape index (κ3) is 12.6. The van der Waals surface area contributed by atoms with Crippen LogP contribution in [0, 0.1) is 11.8 Å². The Labute approximate surface area is 454 Å². The molecule has 7 amide bonds. The van der Waals surface area contributed by atoms with Crippen LogP contribution in [0.15, 0.2) is 76.4 Å². The number of nitrogens with one attached hydrogen (secondary N) is 5. The number of carbonyl (C=O) groups is 8. The number of imide groups is 1. The van der Waals surface area contributed by atoms with E-state index in [1.54, 1.807) is 24.1 Å². The fraction of sp³-hybridized carbons (Fsp3) is 0.473. The van der Waals surface area contributed by atoms with Crippen LogP contribution >= 0.6 is 0 Å². The van der Waals surface area contributed by atoms with Gasteiger partial charge in [-0.3, -0.25) is 53.3 Å². The maximum absolute atomic E-state index is 15.0. The molecule has 79 heavy (non-hydrogen) atoms. The number of sulfone groups is 1. The maximum atomic E-state index is 15.0. The highest BCUT2D eigenvalue weighted by Crippen LogP contribution is 2.35. The molecule has 4 aliphatic rings. The van der Waals surface area contributed by atoms with E-state index >= 15 is 0 Å². The number of nitrogens with zero attached hydrogens (tertiary/aromatic N) is 4. The van der Waals surface area contributed by atoms with Crippen LogP contribution < -0.4 is 32.7 Å². The van der Waals surface area contributed by atoms with Crippen LogP contribution in [0.4, 0.5) is 0 Å². The lowest BCUT2D eigenvalue weighted by molar-refractivity contribution is -0.146. The summed E-state index contributed by atoms with van der Waals surface area (Å²) in [7, 11) is -1.78. The van der Waals surface area contributed by atoms with Crippen LogP contribution in [-0.2, 0) is 58.6 Å². The van der Waals surface area contributed by atoms with Crippen LogP contribution in [0.5, 0.6) is 0 Å². The molecule has 9 rings (SSSR count). The third-order valence-corrected chi connectivity index (χ3v) is 17.3. The Bertz CT molecular complexity index is 3400. The number of H-pyrrole nitrogens is 1. The number of benzene rings is 3. The van der Waals surface area contributed by atoms with Gasteiger partial charge in [0, 0.05) is 69.1 Å². The quantitative estimate of drug-likeness (QED) is 0.0459. The number of hydrogen-bond donors (Lipinski definition) is 8. The monoisotopic (exact) mass is 1110 g/mol. The molecule has 1 saturated carbocycles. The summed E-state index contributed by atoms with van der Waals surface area (Å²) in [6.07, 6.45) is 4.94. The number of imidazole rings is 1. The maximum Gasteiger partial charge on any atom is 0.335 e. The first-order valence-corrected chi connectivity index (χ1v) is 28.6. The number of aromatic nitrogens is 3. The van der Waals surface area contributed by atoms with Crippen molar-refractivity contribution in [2.24, 2.45) is 24.6 Å². The van der Waals surface area contributed by atoms with E-state index in [-0.39, 0.29) is 97.7 Å². The highest BCUT2D eigenvalue weighted by Gasteiger charge is 2.46. The number of aromatic carboxylic acids is 1. The number of aryl methyl sites for hydroxylation is 1. The van der Waals surface area contributed by atoms with Crippen molar-refractivity contribution in [1.82, 2.24) is 45.2 Å². The van der Waals surface area contributed by atoms with Crippen molar-refractivity contribution < 1.29 is 57.0 Å². The molecule has 9 N–H and O–H groups in total. The molecule has 5 aromatic rings. The van der Waals surface area contributed by atoms with E-state index in [9.17, 15) is 61.8 Å². The van der Waals surface area contributed by atoms with Crippen molar-refractivity contribution in [3.05, 3.63) is 99.6 Å². The minimum absolute atomic E-state index is 0.00882. The lowest BCUT2D eigenvalue weighted by Gasteiger charge is -2.39. The molecule has 0 radical (unpaired) electrons. The molecule has 6 atom stereocenters. The number of rotatable bonds is 18. The first kappa shape index (κ1) is 56.0. The topological polar surface area (TPSA) is 334 Å². The summed E-state index contributed by atoms with van der Waals surface area (Å²) in [6.45, 7) is 0.0825. The van der Waals surface area contributed by atoms with E-state index in [1.165, 1.54) is 50.4 Å². The number of hydrogen-bond acceptors (Lipinski definition) is 13. The van der Waals surface area contributed by atoms with Crippen molar-refractivity contribution in [3.8, 4) is 0 Å². The SMILES string of the molecule is Cn1c(=O)n(C2CCC(=O)NC2=O)c2ccc(CC3CCC(CC(=O)N4CC[C@H]5CC[C@@H](C(=O)N[C@@H](CCC(N)=O)C(O)NCc6ccc(S(C)(=O)=O)cc6)N5C(=O)[C@@H](NC(=O)c5cc6cc(C(=O)O)ccc6[nH]5)C4)CC3)cc21. The van der Waals surface area contributed by atoms with Gasteiger partial charge in [-0.1, -0.05) is 18.2 Å². The molecular formula is C55H66N10O13S. The van der Waals surface area contributed by atoms with Crippen molar-refractivity contribution >= 4 is 79.1 Å². The van der Waals surface area contributed by atoms with Gasteiger partial charge in [0.25, 0.3) is 5.91 Å². The minimum atomic E-state index is -3.44. The largest absolute Gasteiger partial charge is 0.478 e. The van der Waals surface area contributed by atoms with Crippen molar-refractivity contribution in [1.29, 1.82) is 0 Å². The van der Waals surface area contributed by atoms with Gasteiger partial charge in [0.2, 0.25) is 35.4 Å². The summed E-state index contributed by atoms with van der Waals surface area (Å²) in [6, 6.07) is 12.9. The lowest BCUT2D eigenvalue weighted by Crippen LogP contribution is -2.62. The number of carboxylic acid groups (broad SMARTS) is 1. The Kier molecular flexibility index (Phi) is 16.5. The third-order valence-electron chi connectivity index (χ3n) is 16.2. The molecule has 3 saturated heterocycles. The zero-order valence-electron chi connectivity index (χ0n) is 43.9. The molecule has 23 nitrogen and oxygen atoms in total. The Morgan fingerprint density at radius 3 is 2.27 bits per heavy atom. The fourth-order valence-corrected chi connectivity index (χ4v) is 12.4. The number of aromatic amines is 1. The Morgan fingerprint density at radius 1 is 0.848 bits per heavy atom. The number of nitrogens with two attached hydrogens (primary N) is 1. The number of fused-ring (bicyclic) bond motifs is 3. The van der Waals surface area contributed by atoms with E-state index in [0.717, 1.165) is 43.9 Å². The Morgan fingerprint density at radius 2 is 1.57 bits per heavy atom. The summed E-state index contributed by atoms with van der Waals surface area (Å²) in [5, 5.41) is 32.3. The van der Waals surface area contributed by atoms with E-state index in [4.69, 9.17) is 5.73 Å². The standard InChI is InChI=1S/C55H66N10O13S/c1-62-45-24-33(9-16-42(45)65(55(62)76)44-18-20-47(67)61-52(44)72)23-30-3-5-31(6-4-30)25-48(68)63-22-21-36-11-17-43(51(71)59-39(15-19-46(56)66)49(69)57-28-32-7-12-37(13-8-32)79(2,77)78)64(36)53(73)41(29-63)60-50(70)40-27-35-26-34(54(74)75)10-14-38(35)58-40/h7-10,12-14,16,24,26-27,30-31,36,39,41,43-44,49,57-58,69H,3-6,11,15,17-23,25,28-29H2,1-2H3,(H2,56,66)(H,59,71)(H,60,70)(H,74,75)(H,61,67,72)/t30?,31?,36-,39+,41+,43+,44?,49?/m1/s1. The molecule has 0 bridgehead atoms. The van der Waals surface area contributed by atoms with Crippen LogP contribution in [0.1, 0.15) is 115 Å². The van der Waals surface area contributed by atoms with Crippen molar-refractivity contribution in [2.75, 3.05) is 19.3 Å².